The van der Waals surface area contributed by atoms with Crippen LogP contribution in [0.25, 0.3) is 10.9 Å². The van der Waals surface area contributed by atoms with Gasteiger partial charge in [-0.05, 0) is 51.6 Å². The number of pyridine rings is 1. The monoisotopic (exact) mass is 347 g/mol. The van der Waals surface area contributed by atoms with Crippen molar-refractivity contribution in [3.8, 4) is 0 Å². The lowest BCUT2D eigenvalue weighted by Crippen LogP contribution is -2.39. The van der Waals surface area contributed by atoms with Crippen LogP contribution in [0.4, 0.5) is 5.82 Å². The molecule has 1 atom stereocenters. The summed E-state index contributed by atoms with van der Waals surface area (Å²) in [6.45, 7) is 6.30. The first-order valence-electron chi connectivity index (χ1n) is 8.18. The van der Waals surface area contributed by atoms with E-state index >= 15 is 0 Å². The number of carboxylic acids is 1. The maximum Gasteiger partial charge on any atom is 0.337 e. The van der Waals surface area contributed by atoms with Crippen LogP contribution in [-0.2, 0) is 0 Å². The molecule has 0 radical (unpaired) electrons. The van der Waals surface area contributed by atoms with E-state index in [1.165, 1.54) is 0 Å². The fourth-order valence-corrected chi connectivity index (χ4v) is 3.51. The SMILES string of the molecule is CC(C)N(C)C1CCN(c2ccc3c(C(=O)O)c(Cl)ccc3n2)C1. The van der Waals surface area contributed by atoms with Crippen molar-refractivity contribution >= 4 is 34.3 Å². The molecule has 1 aliphatic heterocycles. The fraction of sp³-hybridized carbons (Fsp3) is 0.444. The number of likely N-dealkylation sites (N-methyl/N-ethyl adjacent to an activating group) is 1. The van der Waals surface area contributed by atoms with Crippen LogP contribution in [0.15, 0.2) is 24.3 Å². The van der Waals surface area contributed by atoms with E-state index in [2.05, 4.69) is 35.7 Å². The first-order chi connectivity index (χ1) is 11.4. The summed E-state index contributed by atoms with van der Waals surface area (Å²) in [5, 5.41) is 10.2. The normalized spacial score (nSPS) is 18.1. The lowest BCUT2D eigenvalue weighted by molar-refractivity contribution is 0.0699. The number of fused-ring (bicyclic) bond motifs is 1. The Labute approximate surface area is 146 Å². The van der Waals surface area contributed by atoms with Gasteiger partial charge in [0.15, 0.2) is 0 Å². The highest BCUT2D eigenvalue weighted by Gasteiger charge is 2.28. The third-order valence-corrected chi connectivity index (χ3v) is 5.21. The minimum Gasteiger partial charge on any atom is -0.478 e. The number of carbonyl (C=O) groups is 1. The van der Waals surface area contributed by atoms with Gasteiger partial charge in [-0.3, -0.25) is 4.90 Å². The van der Waals surface area contributed by atoms with Crippen LogP contribution in [0.5, 0.6) is 0 Å². The highest BCUT2D eigenvalue weighted by molar-refractivity contribution is 6.35. The topological polar surface area (TPSA) is 56.7 Å². The fourth-order valence-electron chi connectivity index (χ4n) is 3.26. The second-order valence-corrected chi connectivity index (χ2v) is 7.02. The average molecular weight is 348 g/mol. The van der Waals surface area contributed by atoms with Crippen molar-refractivity contribution in [1.82, 2.24) is 9.88 Å². The molecule has 6 heteroatoms. The number of anilines is 1. The van der Waals surface area contributed by atoms with Gasteiger partial charge in [0.2, 0.25) is 0 Å². The van der Waals surface area contributed by atoms with E-state index in [4.69, 9.17) is 11.6 Å². The number of hydrogen-bond donors (Lipinski definition) is 1. The van der Waals surface area contributed by atoms with Crippen LogP contribution in [0.2, 0.25) is 5.02 Å². The van der Waals surface area contributed by atoms with Gasteiger partial charge < -0.3 is 10.0 Å². The molecule has 128 valence electrons. The van der Waals surface area contributed by atoms with E-state index in [0.717, 1.165) is 25.3 Å². The molecule has 1 fully saturated rings. The van der Waals surface area contributed by atoms with E-state index in [-0.39, 0.29) is 10.6 Å². The first kappa shape index (κ1) is 17.0. The van der Waals surface area contributed by atoms with Crippen LogP contribution in [0.1, 0.15) is 30.6 Å². The summed E-state index contributed by atoms with van der Waals surface area (Å²) < 4.78 is 0. The molecule has 0 bridgehead atoms. The smallest absolute Gasteiger partial charge is 0.337 e. The molecule has 1 saturated heterocycles. The van der Waals surface area contributed by atoms with Gasteiger partial charge in [0.25, 0.3) is 0 Å². The maximum atomic E-state index is 11.4. The summed E-state index contributed by atoms with van der Waals surface area (Å²) in [4.78, 5) is 20.8. The molecule has 1 aliphatic rings. The van der Waals surface area contributed by atoms with Gasteiger partial charge >= 0.3 is 5.97 Å². The van der Waals surface area contributed by atoms with Gasteiger partial charge in [0.1, 0.15) is 5.82 Å². The Bertz CT molecular complexity index is 778. The lowest BCUT2D eigenvalue weighted by atomic mass is 10.1. The molecular weight excluding hydrogens is 326 g/mol. The molecule has 0 saturated carbocycles. The van der Waals surface area contributed by atoms with Crippen molar-refractivity contribution in [2.24, 2.45) is 0 Å². The van der Waals surface area contributed by atoms with Gasteiger partial charge in [-0.2, -0.15) is 0 Å². The Balaban J connectivity index is 1.90. The number of aromatic nitrogens is 1. The minimum atomic E-state index is -1.03. The lowest BCUT2D eigenvalue weighted by Gasteiger charge is -2.28. The van der Waals surface area contributed by atoms with Crippen LogP contribution in [0, 0.1) is 0 Å². The van der Waals surface area contributed by atoms with Crippen molar-refractivity contribution in [2.45, 2.75) is 32.4 Å². The highest BCUT2D eigenvalue weighted by atomic mass is 35.5. The molecule has 0 aliphatic carbocycles. The predicted octanol–water partition coefficient (Wildman–Crippen LogP) is 3.51. The third kappa shape index (κ3) is 3.06. The van der Waals surface area contributed by atoms with Crippen molar-refractivity contribution < 1.29 is 9.90 Å². The molecule has 1 N–H and O–H groups in total. The molecule has 1 unspecified atom stereocenters. The number of carboxylic acid groups (broad SMARTS) is 1. The van der Waals surface area contributed by atoms with Gasteiger partial charge in [-0.25, -0.2) is 9.78 Å². The van der Waals surface area contributed by atoms with Gasteiger partial charge in [-0.1, -0.05) is 11.6 Å². The molecule has 1 aromatic carbocycles. The zero-order valence-corrected chi connectivity index (χ0v) is 14.9. The van der Waals surface area contributed by atoms with Gasteiger partial charge in [0.05, 0.1) is 16.1 Å². The largest absolute Gasteiger partial charge is 0.478 e. The number of halogens is 1. The van der Waals surface area contributed by atoms with Crippen LogP contribution < -0.4 is 4.90 Å². The summed E-state index contributed by atoms with van der Waals surface area (Å²) in [6.07, 6.45) is 1.11. The Hall–Kier alpha value is -1.85. The summed E-state index contributed by atoms with van der Waals surface area (Å²) in [6, 6.07) is 8.11. The summed E-state index contributed by atoms with van der Waals surface area (Å²) >= 11 is 6.02. The van der Waals surface area contributed by atoms with Gasteiger partial charge in [0, 0.05) is 30.6 Å². The van der Waals surface area contributed by atoms with E-state index in [1.807, 2.05) is 12.1 Å². The molecule has 3 rings (SSSR count). The Morgan fingerprint density at radius 2 is 2.12 bits per heavy atom. The minimum absolute atomic E-state index is 0.118. The van der Waals surface area contributed by atoms with Crippen LogP contribution in [-0.4, -0.2) is 53.2 Å². The zero-order chi connectivity index (χ0) is 17.4. The Morgan fingerprint density at radius 1 is 1.38 bits per heavy atom. The second-order valence-electron chi connectivity index (χ2n) is 6.61. The summed E-state index contributed by atoms with van der Waals surface area (Å²) in [5.74, 6) is -0.138. The van der Waals surface area contributed by atoms with Crippen LogP contribution in [0.3, 0.4) is 0 Å². The standard InChI is InChI=1S/C18H22ClN3O2/c1-11(2)21(3)12-8-9-22(10-12)16-7-4-13-15(20-16)6-5-14(19)17(13)18(23)24/h4-7,11-12H,8-10H2,1-3H3,(H,23,24). The number of hydrogen-bond acceptors (Lipinski definition) is 4. The number of aromatic carboxylic acids is 1. The summed E-state index contributed by atoms with van der Waals surface area (Å²) in [7, 11) is 2.16. The third-order valence-electron chi connectivity index (χ3n) is 4.90. The van der Waals surface area contributed by atoms with Crippen molar-refractivity contribution in [3.63, 3.8) is 0 Å². The molecule has 1 aromatic heterocycles. The molecular formula is C18H22ClN3O2. The number of nitrogens with zero attached hydrogens (tertiary/aromatic N) is 3. The quantitative estimate of drug-likeness (QED) is 0.917. The molecule has 2 heterocycles. The molecule has 5 nitrogen and oxygen atoms in total. The highest BCUT2D eigenvalue weighted by Crippen LogP contribution is 2.29. The molecule has 24 heavy (non-hydrogen) atoms. The van der Waals surface area contributed by atoms with Crippen molar-refractivity contribution in [3.05, 3.63) is 34.9 Å². The van der Waals surface area contributed by atoms with E-state index < -0.39 is 5.97 Å². The number of rotatable bonds is 4. The summed E-state index contributed by atoms with van der Waals surface area (Å²) in [5.41, 5.74) is 0.780. The van der Waals surface area contributed by atoms with Gasteiger partial charge in [-0.15, -0.1) is 0 Å². The first-order valence-corrected chi connectivity index (χ1v) is 8.55. The van der Waals surface area contributed by atoms with E-state index in [1.54, 1.807) is 12.1 Å². The Morgan fingerprint density at radius 3 is 2.79 bits per heavy atom. The predicted molar refractivity (Wildman–Crippen MR) is 97.2 cm³/mol. The molecule has 2 aromatic rings. The van der Waals surface area contributed by atoms with E-state index in [9.17, 15) is 9.90 Å². The second kappa shape index (κ2) is 6.57. The zero-order valence-electron chi connectivity index (χ0n) is 14.2. The molecule has 0 spiro atoms. The Kier molecular flexibility index (Phi) is 4.65. The number of benzene rings is 1. The van der Waals surface area contributed by atoms with Crippen LogP contribution >= 0.6 is 11.6 Å². The average Bonchev–Trinajstić information content (AvgIpc) is 3.02. The van der Waals surface area contributed by atoms with Crippen molar-refractivity contribution in [2.75, 3.05) is 25.0 Å². The van der Waals surface area contributed by atoms with E-state index in [0.29, 0.717) is 23.0 Å². The molecule has 0 amide bonds. The maximum absolute atomic E-state index is 11.4. The van der Waals surface area contributed by atoms with Crippen molar-refractivity contribution in [1.29, 1.82) is 0 Å².